The molecule has 1 saturated heterocycles. The first kappa shape index (κ1) is 12.9. The molecule has 0 saturated carbocycles. The Morgan fingerprint density at radius 3 is 2.79 bits per heavy atom. The smallest absolute Gasteiger partial charge is 0.259 e. The van der Waals surface area contributed by atoms with Gasteiger partial charge in [-0.05, 0) is 44.1 Å². The van der Waals surface area contributed by atoms with Gasteiger partial charge in [0.1, 0.15) is 0 Å². The van der Waals surface area contributed by atoms with Gasteiger partial charge in [-0.3, -0.25) is 0 Å². The third kappa shape index (κ3) is 2.76. The van der Waals surface area contributed by atoms with Crippen LogP contribution in [-0.4, -0.2) is 23.2 Å². The largest absolute Gasteiger partial charge is 0.334 e. The van der Waals surface area contributed by atoms with Crippen molar-refractivity contribution >= 4 is 23.2 Å². The van der Waals surface area contributed by atoms with Crippen LogP contribution in [0.3, 0.4) is 0 Å². The molecule has 0 spiro atoms. The van der Waals surface area contributed by atoms with Crippen molar-refractivity contribution in [3.8, 4) is 11.5 Å². The molecule has 1 aromatic heterocycles. The van der Waals surface area contributed by atoms with E-state index in [1.165, 1.54) is 0 Å². The van der Waals surface area contributed by atoms with E-state index in [2.05, 4.69) is 15.5 Å². The summed E-state index contributed by atoms with van der Waals surface area (Å²) >= 11 is 12.1. The lowest BCUT2D eigenvalue weighted by molar-refractivity contribution is 0.392. The van der Waals surface area contributed by atoms with Crippen LogP contribution in [0.4, 0.5) is 0 Å². The van der Waals surface area contributed by atoms with Crippen molar-refractivity contribution in [3.05, 3.63) is 34.1 Å². The Morgan fingerprint density at radius 2 is 2.00 bits per heavy atom. The van der Waals surface area contributed by atoms with Gasteiger partial charge in [-0.25, -0.2) is 0 Å². The molecule has 0 amide bonds. The van der Waals surface area contributed by atoms with E-state index in [4.69, 9.17) is 27.7 Å². The molecule has 1 N–H and O–H groups in total. The Morgan fingerprint density at radius 1 is 1.21 bits per heavy atom. The second kappa shape index (κ2) is 5.49. The summed E-state index contributed by atoms with van der Waals surface area (Å²) in [5.74, 6) is 1.55. The van der Waals surface area contributed by atoms with Gasteiger partial charge in [-0.15, -0.1) is 0 Å². The van der Waals surface area contributed by atoms with E-state index in [0.29, 0.717) is 27.4 Å². The maximum atomic E-state index is 6.13. The van der Waals surface area contributed by atoms with Crippen LogP contribution in [0, 0.1) is 0 Å². The molecule has 19 heavy (non-hydrogen) atoms. The van der Waals surface area contributed by atoms with E-state index in [1.54, 1.807) is 18.2 Å². The standard InChI is InChI=1S/C13H13Cl2N3O/c14-9-1-2-11(15)10(7-9)13-17-12(18-19-13)8-3-5-16-6-4-8/h1-2,7-8,16H,3-6H2. The average molecular weight is 298 g/mol. The number of rotatable bonds is 2. The van der Waals surface area contributed by atoms with Gasteiger partial charge in [0, 0.05) is 10.9 Å². The molecule has 0 aliphatic carbocycles. The first-order chi connectivity index (χ1) is 9.24. The second-order valence-electron chi connectivity index (χ2n) is 4.61. The number of piperidine rings is 1. The maximum absolute atomic E-state index is 6.13. The summed E-state index contributed by atoms with van der Waals surface area (Å²) in [5.41, 5.74) is 0.682. The second-order valence-corrected chi connectivity index (χ2v) is 5.45. The van der Waals surface area contributed by atoms with Gasteiger partial charge in [0.2, 0.25) is 0 Å². The molecule has 2 aromatic rings. The average Bonchev–Trinajstić information content (AvgIpc) is 2.92. The van der Waals surface area contributed by atoms with Crippen LogP contribution < -0.4 is 5.32 Å². The van der Waals surface area contributed by atoms with Crippen LogP contribution in [-0.2, 0) is 0 Å². The highest BCUT2D eigenvalue weighted by Gasteiger charge is 2.21. The van der Waals surface area contributed by atoms with Crippen molar-refractivity contribution in [2.24, 2.45) is 0 Å². The van der Waals surface area contributed by atoms with Crippen molar-refractivity contribution in [2.75, 3.05) is 13.1 Å². The van der Waals surface area contributed by atoms with E-state index < -0.39 is 0 Å². The number of benzene rings is 1. The molecule has 1 fully saturated rings. The fourth-order valence-corrected chi connectivity index (χ4v) is 2.62. The van der Waals surface area contributed by atoms with Crippen molar-refractivity contribution in [1.29, 1.82) is 0 Å². The molecule has 0 atom stereocenters. The van der Waals surface area contributed by atoms with Crippen LogP contribution in [0.5, 0.6) is 0 Å². The summed E-state index contributed by atoms with van der Waals surface area (Å²) in [7, 11) is 0. The molecular formula is C13H13Cl2N3O. The number of nitrogens with zero attached hydrogens (tertiary/aromatic N) is 2. The quantitative estimate of drug-likeness (QED) is 0.921. The van der Waals surface area contributed by atoms with E-state index in [1.807, 2.05) is 0 Å². The van der Waals surface area contributed by atoms with Crippen LogP contribution >= 0.6 is 23.2 Å². The van der Waals surface area contributed by atoms with E-state index in [-0.39, 0.29) is 0 Å². The van der Waals surface area contributed by atoms with Gasteiger partial charge in [0.05, 0.1) is 10.6 Å². The predicted octanol–water partition coefficient (Wildman–Crippen LogP) is 3.51. The minimum Gasteiger partial charge on any atom is -0.334 e. The Labute approximate surface area is 121 Å². The topological polar surface area (TPSA) is 51.0 Å². The maximum Gasteiger partial charge on any atom is 0.259 e. The molecule has 3 rings (SSSR count). The van der Waals surface area contributed by atoms with Crippen LogP contribution in [0.15, 0.2) is 22.7 Å². The van der Waals surface area contributed by atoms with Crippen molar-refractivity contribution in [3.63, 3.8) is 0 Å². The van der Waals surface area contributed by atoms with Crippen molar-refractivity contribution in [1.82, 2.24) is 15.5 Å². The summed E-state index contributed by atoms with van der Waals surface area (Å²) in [5, 5.41) is 8.54. The lowest BCUT2D eigenvalue weighted by Gasteiger charge is -2.18. The zero-order valence-electron chi connectivity index (χ0n) is 10.2. The van der Waals surface area contributed by atoms with E-state index in [9.17, 15) is 0 Å². The SMILES string of the molecule is Clc1ccc(Cl)c(-c2nc(C3CCNCC3)no2)c1. The third-order valence-electron chi connectivity index (χ3n) is 3.30. The Balaban J connectivity index is 1.89. The first-order valence-corrected chi connectivity index (χ1v) is 6.99. The molecule has 100 valence electrons. The fourth-order valence-electron chi connectivity index (χ4n) is 2.25. The van der Waals surface area contributed by atoms with Crippen molar-refractivity contribution in [2.45, 2.75) is 18.8 Å². The van der Waals surface area contributed by atoms with E-state index in [0.717, 1.165) is 31.8 Å². The summed E-state index contributed by atoms with van der Waals surface area (Å²) in [6.07, 6.45) is 2.06. The minimum atomic E-state index is 0.358. The third-order valence-corrected chi connectivity index (χ3v) is 3.87. The van der Waals surface area contributed by atoms with Crippen LogP contribution in [0.1, 0.15) is 24.6 Å². The number of nitrogens with one attached hydrogen (secondary N) is 1. The minimum absolute atomic E-state index is 0.358. The number of halogens is 2. The molecule has 1 aliphatic heterocycles. The van der Waals surface area contributed by atoms with Gasteiger partial charge in [-0.1, -0.05) is 28.4 Å². The van der Waals surface area contributed by atoms with Gasteiger partial charge < -0.3 is 9.84 Å². The Kier molecular flexibility index (Phi) is 3.73. The molecule has 1 aromatic carbocycles. The lowest BCUT2D eigenvalue weighted by atomic mass is 9.98. The molecule has 6 heteroatoms. The molecule has 0 radical (unpaired) electrons. The highest BCUT2D eigenvalue weighted by molar-refractivity contribution is 6.35. The highest BCUT2D eigenvalue weighted by atomic mass is 35.5. The fraction of sp³-hybridized carbons (Fsp3) is 0.385. The Bertz CT molecular complexity index is 579. The molecule has 2 heterocycles. The summed E-state index contributed by atoms with van der Waals surface area (Å²) in [6.45, 7) is 1.99. The monoisotopic (exact) mass is 297 g/mol. The molecule has 4 nitrogen and oxygen atoms in total. The molecule has 0 bridgehead atoms. The van der Waals surface area contributed by atoms with Crippen molar-refractivity contribution < 1.29 is 4.52 Å². The lowest BCUT2D eigenvalue weighted by Crippen LogP contribution is -2.27. The summed E-state index contributed by atoms with van der Waals surface area (Å²) in [6, 6.07) is 5.20. The zero-order valence-corrected chi connectivity index (χ0v) is 11.7. The van der Waals surface area contributed by atoms with Crippen LogP contribution in [0.25, 0.3) is 11.5 Å². The van der Waals surface area contributed by atoms with Gasteiger partial charge in [0.15, 0.2) is 5.82 Å². The molecule has 1 aliphatic rings. The normalized spacial score (nSPS) is 16.7. The zero-order chi connectivity index (χ0) is 13.2. The highest BCUT2D eigenvalue weighted by Crippen LogP contribution is 2.31. The van der Waals surface area contributed by atoms with Crippen LogP contribution in [0.2, 0.25) is 10.0 Å². The number of hydrogen-bond acceptors (Lipinski definition) is 4. The summed E-state index contributed by atoms with van der Waals surface area (Å²) < 4.78 is 5.32. The van der Waals surface area contributed by atoms with Gasteiger partial charge >= 0.3 is 0 Å². The Hall–Kier alpha value is -1.10. The molecule has 0 unspecified atom stereocenters. The first-order valence-electron chi connectivity index (χ1n) is 6.24. The predicted molar refractivity (Wildman–Crippen MR) is 74.6 cm³/mol. The molecular weight excluding hydrogens is 285 g/mol. The number of hydrogen-bond donors (Lipinski definition) is 1. The van der Waals surface area contributed by atoms with Gasteiger partial charge in [-0.2, -0.15) is 4.98 Å². The summed E-state index contributed by atoms with van der Waals surface area (Å²) in [4.78, 5) is 4.46. The van der Waals surface area contributed by atoms with Gasteiger partial charge in [0.25, 0.3) is 5.89 Å². The van der Waals surface area contributed by atoms with E-state index >= 15 is 0 Å². The number of aromatic nitrogens is 2.